The summed E-state index contributed by atoms with van der Waals surface area (Å²) in [4.78, 5) is 12.4. The van der Waals surface area contributed by atoms with Crippen LogP contribution in [0.15, 0.2) is 40.3 Å². The second-order valence-electron chi connectivity index (χ2n) is 4.46. The maximum absolute atomic E-state index is 5.27. The molecule has 3 rings (SSSR count). The number of hydrogen-bond acceptors (Lipinski definition) is 6. The first-order valence-corrected chi connectivity index (χ1v) is 8.11. The highest BCUT2D eigenvalue weighted by molar-refractivity contribution is 7.99. The Labute approximate surface area is 131 Å². The molecule has 0 radical (unpaired) electrons. The molecule has 0 aliphatic rings. The Balaban J connectivity index is 2.05. The molecule has 0 spiro atoms. The Morgan fingerprint density at radius 1 is 1.24 bits per heavy atom. The summed E-state index contributed by atoms with van der Waals surface area (Å²) in [6, 6.07) is 10.1. The number of ether oxygens (including phenoxy) is 1. The van der Waals surface area contributed by atoms with Gasteiger partial charge < -0.3 is 10.1 Å². The number of anilines is 1. The number of nitrogens with one attached hydrogen (secondary N) is 1. The lowest BCUT2D eigenvalue weighted by molar-refractivity contribution is 0.413. The summed E-state index contributed by atoms with van der Waals surface area (Å²) >= 11 is 3.31. The normalized spacial score (nSPS) is 10.8. The Bertz CT molecular complexity index is 786. The zero-order valence-electron chi connectivity index (χ0n) is 12.0. The van der Waals surface area contributed by atoms with Crippen LogP contribution in [0.2, 0.25) is 0 Å². The summed E-state index contributed by atoms with van der Waals surface area (Å²) in [6.45, 7) is 2.09. The standard InChI is InChI=1S/C15H15N3OS2/c1-9-7-12-13(20-9)17-15(16-2)18-14(12)21-11-6-4-5-10(8-11)19-3/h4-8H,1-3H3,(H,16,17,18). The summed E-state index contributed by atoms with van der Waals surface area (Å²) < 4.78 is 5.27. The summed E-state index contributed by atoms with van der Waals surface area (Å²) in [7, 11) is 3.51. The number of aromatic nitrogens is 2. The second-order valence-corrected chi connectivity index (χ2v) is 6.76. The molecule has 108 valence electrons. The predicted octanol–water partition coefficient (Wildman–Crippen LogP) is 4.20. The van der Waals surface area contributed by atoms with E-state index >= 15 is 0 Å². The molecule has 0 saturated carbocycles. The number of thiophene rings is 1. The minimum atomic E-state index is 0.648. The first-order valence-electron chi connectivity index (χ1n) is 6.47. The van der Waals surface area contributed by atoms with Gasteiger partial charge in [-0.25, -0.2) is 9.97 Å². The smallest absolute Gasteiger partial charge is 0.224 e. The molecule has 0 atom stereocenters. The van der Waals surface area contributed by atoms with Crippen molar-refractivity contribution in [3.05, 3.63) is 35.2 Å². The van der Waals surface area contributed by atoms with Crippen LogP contribution in [-0.4, -0.2) is 24.1 Å². The number of methoxy groups -OCH3 is 1. The molecule has 21 heavy (non-hydrogen) atoms. The maximum Gasteiger partial charge on any atom is 0.224 e. The molecule has 1 aromatic carbocycles. The van der Waals surface area contributed by atoms with Crippen LogP contribution in [0.5, 0.6) is 5.75 Å². The number of fused-ring (bicyclic) bond motifs is 1. The van der Waals surface area contributed by atoms with Crippen LogP contribution >= 0.6 is 23.1 Å². The fraction of sp³-hybridized carbons (Fsp3) is 0.200. The molecule has 0 unspecified atom stereocenters. The van der Waals surface area contributed by atoms with Crippen LogP contribution in [0.4, 0.5) is 5.95 Å². The molecule has 0 fully saturated rings. The van der Waals surface area contributed by atoms with Gasteiger partial charge in [-0.05, 0) is 31.2 Å². The van der Waals surface area contributed by atoms with Crippen molar-refractivity contribution in [3.63, 3.8) is 0 Å². The molecule has 1 N–H and O–H groups in total. The van der Waals surface area contributed by atoms with Gasteiger partial charge in [-0.3, -0.25) is 0 Å². The number of rotatable bonds is 4. The summed E-state index contributed by atoms with van der Waals surface area (Å²) in [5.74, 6) is 1.50. The third-order valence-corrected chi connectivity index (χ3v) is 4.90. The number of nitrogens with zero attached hydrogens (tertiary/aromatic N) is 2. The fourth-order valence-corrected chi connectivity index (χ4v) is 3.87. The molecule has 4 nitrogen and oxygen atoms in total. The minimum Gasteiger partial charge on any atom is -0.497 e. The minimum absolute atomic E-state index is 0.648. The Morgan fingerprint density at radius 3 is 2.86 bits per heavy atom. The maximum atomic E-state index is 5.27. The van der Waals surface area contributed by atoms with E-state index in [1.807, 2.05) is 25.2 Å². The van der Waals surface area contributed by atoms with Crippen LogP contribution < -0.4 is 10.1 Å². The lowest BCUT2D eigenvalue weighted by atomic mass is 10.3. The molecule has 3 aromatic rings. The molecule has 6 heteroatoms. The van der Waals surface area contributed by atoms with Crippen LogP contribution in [0, 0.1) is 6.92 Å². The first-order chi connectivity index (χ1) is 10.2. The van der Waals surface area contributed by atoms with Crippen LogP contribution in [-0.2, 0) is 0 Å². The lowest BCUT2D eigenvalue weighted by Gasteiger charge is -2.06. The third-order valence-electron chi connectivity index (χ3n) is 2.96. The van der Waals surface area contributed by atoms with E-state index in [9.17, 15) is 0 Å². The fourth-order valence-electron chi connectivity index (χ4n) is 1.98. The highest BCUT2D eigenvalue weighted by Gasteiger charge is 2.11. The highest BCUT2D eigenvalue weighted by Crippen LogP contribution is 2.36. The van der Waals surface area contributed by atoms with E-state index in [2.05, 4.69) is 34.3 Å². The van der Waals surface area contributed by atoms with E-state index in [4.69, 9.17) is 4.74 Å². The summed E-state index contributed by atoms with van der Waals surface area (Å²) in [5, 5.41) is 5.08. The van der Waals surface area contributed by atoms with Crippen LogP contribution in [0.25, 0.3) is 10.2 Å². The SMILES string of the molecule is CNc1nc(Sc2cccc(OC)c2)c2cc(C)sc2n1. The van der Waals surface area contributed by atoms with Crippen molar-refractivity contribution in [2.24, 2.45) is 0 Å². The van der Waals surface area contributed by atoms with Gasteiger partial charge in [0.15, 0.2) is 0 Å². The molecule has 2 aromatic heterocycles. The highest BCUT2D eigenvalue weighted by atomic mass is 32.2. The Morgan fingerprint density at radius 2 is 2.10 bits per heavy atom. The third kappa shape index (κ3) is 2.96. The van der Waals surface area contributed by atoms with Gasteiger partial charge in [-0.1, -0.05) is 17.8 Å². The van der Waals surface area contributed by atoms with Crippen molar-refractivity contribution in [2.75, 3.05) is 19.5 Å². The first kappa shape index (κ1) is 14.2. The number of benzene rings is 1. The topological polar surface area (TPSA) is 47.0 Å². The van der Waals surface area contributed by atoms with E-state index < -0.39 is 0 Å². The van der Waals surface area contributed by atoms with Crippen molar-refractivity contribution in [2.45, 2.75) is 16.8 Å². The summed E-state index contributed by atoms with van der Waals surface area (Å²) in [5.41, 5.74) is 0. The average Bonchev–Trinajstić information content (AvgIpc) is 2.88. The molecule has 0 saturated heterocycles. The second kappa shape index (κ2) is 5.91. The van der Waals surface area contributed by atoms with Gasteiger partial charge in [0, 0.05) is 22.2 Å². The van der Waals surface area contributed by atoms with Crippen molar-refractivity contribution in [1.29, 1.82) is 0 Å². The molecule has 0 bridgehead atoms. The van der Waals surface area contributed by atoms with E-state index in [1.54, 1.807) is 30.2 Å². The predicted molar refractivity (Wildman–Crippen MR) is 88.8 cm³/mol. The van der Waals surface area contributed by atoms with Crippen molar-refractivity contribution in [1.82, 2.24) is 9.97 Å². The van der Waals surface area contributed by atoms with Crippen molar-refractivity contribution >= 4 is 39.3 Å². The van der Waals surface area contributed by atoms with Crippen molar-refractivity contribution in [3.8, 4) is 5.75 Å². The molecule has 0 aliphatic carbocycles. The van der Waals surface area contributed by atoms with E-state index in [-0.39, 0.29) is 0 Å². The zero-order chi connectivity index (χ0) is 14.8. The number of hydrogen-bond donors (Lipinski definition) is 1. The quantitative estimate of drug-likeness (QED) is 0.731. The van der Waals surface area contributed by atoms with Gasteiger partial charge in [0.05, 0.1) is 7.11 Å². The molecule has 0 aliphatic heterocycles. The number of aryl methyl sites for hydroxylation is 1. The van der Waals surface area contributed by atoms with E-state index in [0.717, 1.165) is 25.9 Å². The van der Waals surface area contributed by atoms with Crippen LogP contribution in [0.3, 0.4) is 0 Å². The van der Waals surface area contributed by atoms with Crippen molar-refractivity contribution < 1.29 is 4.74 Å². The Hall–Kier alpha value is -1.79. The molecule has 2 heterocycles. The van der Waals surface area contributed by atoms with Gasteiger partial charge in [-0.15, -0.1) is 11.3 Å². The van der Waals surface area contributed by atoms with Gasteiger partial charge in [0.1, 0.15) is 15.6 Å². The van der Waals surface area contributed by atoms with Gasteiger partial charge in [-0.2, -0.15) is 0 Å². The van der Waals surface area contributed by atoms with E-state index in [0.29, 0.717) is 5.95 Å². The Kier molecular flexibility index (Phi) is 3.98. The van der Waals surface area contributed by atoms with Gasteiger partial charge in [0.2, 0.25) is 5.95 Å². The average molecular weight is 317 g/mol. The zero-order valence-corrected chi connectivity index (χ0v) is 13.6. The van der Waals surface area contributed by atoms with Gasteiger partial charge in [0.25, 0.3) is 0 Å². The molecule has 0 amide bonds. The summed E-state index contributed by atoms with van der Waals surface area (Å²) in [6.07, 6.45) is 0. The molecular formula is C15H15N3OS2. The largest absolute Gasteiger partial charge is 0.497 e. The van der Waals surface area contributed by atoms with E-state index in [1.165, 1.54) is 4.88 Å². The molecular weight excluding hydrogens is 302 g/mol. The van der Waals surface area contributed by atoms with Crippen LogP contribution in [0.1, 0.15) is 4.88 Å². The monoisotopic (exact) mass is 317 g/mol. The lowest BCUT2D eigenvalue weighted by Crippen LogP contribution is -1.96. The van der Waals surface area contributed by atoms with Gasteiger partial charge >= 0.3 is 0 Å².